The average molecular weight is 316 g/mol. The number of aromatic nitrogens is 2. The van der Waals surface area contributed by atoms with E-state index in [1.807, 2.05) is 37.2 Å². The molecule has 3 rings (SSSR count). The van der Waals surface area contributed by atoms with Gasteiger partial charge in [0.2, 0.25) is 5.76 Å². The lowest BCUT2D eigenvalue weighted by Crippen LogP contribution is -2.42. The number of pyridine rings is 1. The Kier molecular flexibility index (Phi) is 4.29. The van der Waals surface area contributed by atoms with E-state index in [2.05, 4.69) is 9.97 Å². The molecule has 1 unspecified atom stereocenters. The first-order valence-corrected chi connectivity index (χ1v) is 7.51. The summed E-state index contributed by atoms with van der Waals surface area (Å²) in [6.07, 6.45) is 1.05. The van der Waals surface area contributed by atoms with Crippen LogP contribution in [0.15, 0.2) is 29.0 Å². The highest BCUT2D eigenvalue weighted by Gasteiger charge is 2.29. The van der Waals surface area contributed by atoms with Crippen molar-refractivity contribution in [3.8, 4) is 0 Å². The van der Waals surface area contributed by atoms with Gasteiger partial charge in [-0.2, -0.15) is 0 Å². The summed E-state index contributed by atoms with van der Waals surface area (Å²) in [5, 5.41) is 0. The van der Waals surface area contributed by atoms with E-state index >= 15 is 0 Å². The summed E-state index contributed by atoms with van der Waals surface area (Å²) >= 11 is 0. The van der Waals surface area contributed by atoms with E-state index in [1.54, 1.807) is 11.8 Å². The molecule has 2 aromatic rings. The van der Waals surface area contributed by atoms with Crippen LogP contribution in [0.1, 0.15) is 28.0 Å². The van der Waals surface area contributed by atoms with E-state index in [1.165, 1.54) is 6.39 Å². The lowest BCUT2D eigenvalue weighted by molar-refractivity contribution is -0.0256. The van der Waals surface area contributed by atoms with Crippen molar-refractivity contribution in [1.82, 2.24) is 14.9 Å². The fraction of sp³-hybridized carbons (Fsp3) is 0.438. The van der Waals surface area contributed by atoms with Crippen LogP contribution in [0.25, 0.3) is 0 Å². The van der Waals surface area contributed by atoms with Crippen LogP contribution >= 0.6 is 0 Å². The quantitative estimate of drug-likeness (QED) is 0.857. The predicted octanol–water partition coefficient (Wildman–Crippen LogP) is 1.66. The van der Waals surface area contributed by atoms with E-state index in [0.717, 1.165) is 11.5 Å². The number of anilines is 1. The number of hydrogen-bond donors (Lipinski definition) is 0. The molecule has 0 saturated carbocycles. The normalized spacial score (nSPS) is 18.0. The Labute approximate surface area is 134 Å². The Morgan fingerprint density at radius 2 is 2.22 bits per heavy atom. The van der Waals surface area contributed by atoms with Gasteiger partial charge in [-0.1, -0.05) is 6.07 Å². The summed E-state index contributed by atoms with van der Waals surface area (Å²) in [7, 11) is 3.88. The van der Waals surface area contributed by atoms with Crippen LogP contribution < -0.4 is 4.90 Å². The first-order valence-electron chi connectivity index (χ1n) is 7.51. The predicted molar refractivity (Wildman–Crippen MR) is 84.4 cm³/mol. The maximum atomic E-state index is 12.5. The smallest absolute Gasteiger partial charge is 0.291 e. The number of oxazole rings is 1. The minimum Gasteiger partial charge on any atom is -0.438 e. The number of aryl methyl sites for hydroxylation is 1. The van der Waals surface area contributed by atoms with Crippen molar-refractivity contribution >= 4 is 11.7 Å². The molecule has 0 spiro atoms. The van der Waals surface area contributed by atoms with Gasteiger partial charge in [0.05, 0.1) is 24.5 Å². The molecule has 1 atom stereocenters. The van der Waals surface area contributed by atoms with Crippen molar-refractivity contribution in [2.45, 2.75) is 13.0 Å². The number of ether oxygens (including phenoxy) is 1. The van der Waals surface area contributed by atoms with Crippen LogP contribution in [0.4, 0.5) is 5.82 Å². The maximum absolute atomic E-state index is 12.5. The van der Waals surface area contributed by atoms with Gasteiger partial charge in [-0.05, 0) is 19.1 Å². The lowest BCUT2D eigenvalue weighted by Gasteiger charge is -2.32. The molecule has 3 heterocycles. The molecule has 7 nitrogen and oxygen atoms in total. The van der Waals surface area contributed by atoms with Crippen LogP contribution in [0.5, 0.6) is 0 Å². The SMILES string of the molecule is Cc1ncoc1C(=O)N1CCOC(c2cccc(N(C)C)n2)C1. The van der Waals surface area contributed by atoms with Gasteiger partial charge >= 0.3 is 0 Å². The third-order valence-corrected chi connectivity index (χ3v) is 3.84. The van der Waals surface area contributed by atoms with E-state index in [4.69, 9.17) is 9.15 Å². The molecule has 0 aromatic carbocycles. The van der Waals surface area contributed by atoms with Gasteiger partial charge in [-0.25, -0.2) is 9.97 Å². The topological polar surface area (TPSA) is 71.7 Å². The Hall–Kier alpha value is -2.41. The van der Waals surface area contributed by atoms with Crippen LogP contribution in [0.3, 0.4) is 0 Å². The summed E-state index contributed by atoms with van der Waals surface area (Å²) in [5.41, 5.74) is 1.42. The molecule has 1 saturated heterocycles. The van der Waals surface area contributed by atoms with E-state index in [9.17, 15) is 4.79 Å². The zero-order chi connectivity index (χ0) is 16.4. The van der Waals surface area contributed by atoms with E-state index < -0.39 is 0 Å². The van der Waals surface area contributed by atoms with Crippen molar-refractivity contribution in [3.63, 3.8) is 0 Å². The number of morpholine rings is 1. The van der Waals surface area contributed by atoms with E-state index in [-0.39, 0.29) is 12.0 Å². The Morgan fingerprint density at radius 3 is 2.91 bits per heavy atom. The van der Waals surface area contributed by atoms with Gasteiger partial charge in [0.15, 0.2) is 6.39 Å². The van der Waals surface area contributed by atoms with Crippen LogP contribution in [-0.4, -0.2) is 54.6 Å². The maximum Gasteiger partial charge on any atom is 0.291 e. The molecule has 1 aliphatic rings. The minimum absolute atomic E-state index is 0.155. The molecule has 1 amide bonds. The number of amides is 1. The van der Waals surface area contributed by atoms with E-state index in [0.29, 0.717) is 31.2 Å². The largest absolute Gasteiger partial charge is 0.438 e. The monoisotopic (exact) mass is 316 g/mol. The number of carbonyl (C=O) groups is 1. The van der Waals surface area contributed by atoms with Crippen molar-refractivity contribution in [1.29, 1.82) is 0 Å². The third kappa shape index (κ3) is 3.19. The van der Waals surface area contributed by atoms with Crippen molar-refractivity contribution in [3.05, 3.63) is 41.7 Å². The highest BCUT2D eigenvalue weighted by Crippen LogP contribution is 2.24. The van der Waals surface area contributed by atoms with Gasteiger partial charge in [0.25, 0.3) is 5.91 Å². The molecule has 0 radical (unpaired) electrons. The summed E-state index contributed by atoms with van der Waals surface area (Å²) < 4.78 is 11.0. The fourth-order valence-electron chi connectivity index (χ4n) is 2.53. The van der Waals surface area contributed by atoms with Gasteiger partial charge in [0.1, 0.15) is 11.9 Å². The first kappa shape index (κ1) is 15.5. The van der Waals surface area contributed by atoms with Gasteiger partial charge < -0.3 is 19.0 Å². The molecule has 122 valence electrons. The zero-order valence-corrected chi connectivity index (χ0v) is 13.5. The van der Waals surface area contributed by atoms with Crippen molar-refractivity contribution < 1.29 is 13.9 Å². The fourth-order valence-corrected chi connectivity index (χ4v) is 2.53. The summed E-state index contributed by atoms with van der Waals surface area (Å²) in [4.78, 5) is 24.8. The van der Waals surface area contributed by atoms with Gasteiger partial charge in [-0.15, -0.1) is 0 Å². The Bertz CT molecular complexity index is 698. The molecule has 0 bridgehead atoms. The second-order valence-corrected chi connectivity index (χ2v) is 5.69. The van der Waals surface area contributed by atoms with Crippen molar-refractivity contribution in [2.75, 3.05) is 38.7 Å². The van der Waals surface area contributed by atoms with Crippen molar-refractivity contribution in [2.24, 2.45) is 0 Å². The Morgan fingerprint density at radius 1 is 1.39 bits per heavy atom. The molecular weight excluding hydrogens is 296 g/mol. The molecule has 2 aromatic heterocycles. The molecule has 1 aliphatic heterocycles. The summed E-state index contributed by atoms with van der Waals surface area (Å²) in [6.45, 7) is 3.21. The summed E-state index contributed by atoms with van der Waals surface area (Å²) in [5.74, 6) is 0.998. The van der Waals surface area contributed by atoms with Gasteiger partial charge in [-0.3, -0.25) is 4.79 Å². The molecule has 7 heteroatoms. The standard InChI is InChI=1S/C16H20N4O3/c1-11-15(23-10-17-11)16(21)20-7-8-22-13(9-20)12-5-4-6-14(18-12)19(2)3/h4-6,10,13H,7-9H2,1-3H3. The number of carbonyl (C=O) groups excluding carboxylic acids is 1. The molecule has 0 N–H and O–H groups in total. The molecule has 1 fully saturated rings. The van der Waals surface area contributed by atoms with Crippen LogP contribution in [0.2, 0.25) is 0 Å². The molecular formula is C16H20N4O3. The average Bonchev–Trinajstić information content (AvgIpc) is 3.00. The second-order valence-electron chi connectivity index (χ2n) is 5.69. The van der Waals surface area contributed by atoms with Gasteiger partial charge in [0, 0.05) is 20.6 Å². The number of nitrogens with zero attached hydrogens (tertiary/aromatic N) is 4. The minimum atomic E-state index is -0.240. The third-order valence-electron chi connectivity index (χ3n) is 3.84. The van der Waals surface area contributed by atoms with Crippen LogP contribution in [0, 0.1) is 6.92 Å². The number of hydrogen-bond acceptors (Lipinski definition) is 6. The molecule has 23 heavy (non-hydrogen) atoms. The molecule has 0 aliphatic carbocycles. The first-order chi connectivity index (χ1) is 11.1. The highest BCUT2D eigenvalue weighted by atomic mass is 16.5. The summed E-state index contributed by atoms with van der Waals surface area (Å²) in [6, 6.07) is 5.81. The number of rotatable bonds is 3. The van der Waals surface area contributed by atoms with Crippen LogP contribution in [-0.2, 0) is 4.74 Å². The lowest BCUT2D eigenvalue weighted by atomic mass is 10.1. The zero-order valence-electron chi connectivity index (χ0n) is 13.5. The second kappa shape index (κ2) is 6.37. The Balaban J connectivity index is 1.77. The highest BCUT2D eigenvalue weighted by molar-refractivity contribution is 5.92.